The molecule has 0 aromatic carbocycles. The molecule has 2 aliphatic rings. The summed E-state index contributed by atoms with van der Waals surface area (Å²) in [4.78, 5) is 0. The van der Waals surface area contributed by atoms with Gasteiger partial charge in [-0.3, -0.25) is 0 Å². The number of aliphatic hydroxyl groups excluding tert-OH is 1. The van der Waals surface area contributed by atoms with Gasteiger partial charge in [0.1, 0.15) is 5.25 Å². The Labute approximate surface area is 134 Å². The first-order valence-electron chi connectivity index (χ1n) is 8.07. The summed E-state index contributed by atoms with van der Waals surface area (Å²) >= 11 is 0. The Morgan fingerprint density at radius 1 is 1.50 bits per heavy atom. The maximum Gasteiger partial charge on any atom is 0.163 e. The van der Waals surface area contributed by atoms with Crippen LogP contribution in [0.25, 0.3) is 0 Å². The second-order valence-electron chi connectivity index (χ2n) is 7.32. The minimum Gasteiger partial charge on any atom is -0.387 e. The molecule has 1 aliphatic heterocycles. The number of hydrogen-bond acceptors (Lipinski definition) is 3. The quantitative estimate of drug-likeness (QED) is 0.804. The van der Waals surface area contributed by atoms with Crippen LogP contribution in [0.5, 0.6) is 0 Å². The predicted molar refractivity (Wildman–Crippen MR) is 91.4 cm³/mol. The van der Waals surface area contributed by atoms with E-state index in [2.05, 4.69) is 20.8 Å². The van der Waals surface area contributed by atoms with Crippen molar-refractivity contribution in [2.75, 3.05) is 5.75 Å². The number of sulfone groups is 1. The molecule has 0 bridgehead atoms. The highest BCUT2D eigenvalue weighted by atomic mass is 32.2. The van der Waals surface area contributed by atoms with Gasteiger partial charge in [0, 0.05) is 0 Å². The van der Waals surface area contributed by atoms with Gasteiger partial charge < -0.3 is 5.11 Å². The molecule has 2 rings (SSSR count). The Bertz CT molecular complexity index is 621. The molecule has 1 N–H and O–H groups in total. The van der Waals surface area contributed by atoms with Gasteiger partial charge in [0.15, 0.2) is 9.84 Å². The van der Waals surface area contributed by atoms with E-state index in [1.54, 1.807) is 12.2 Å². The maximum atomic E-state index is 11.9. The van der Waals surface area contributed by atoms with Gasteiger partial charge in [-0.05, 0) is 50.5 Å². The first-order valence-corrected chi connectivity index (χ1v) is 9.79. The van der Waals surface area contributed by atoms with E-state index < -0.39 is 21.2 Å². The number of allylic oxidation sites excluding steroid dienone is 3. The predicted octanol–water partition coefficient (Wildman–Crippen LogP) is 3.56. The van der Waals surface area contributed by atoms with Crippen LogP contribution in [0.15, 0.2) is 34.9 Å². The zero-order chi connectivity index (χ0) is 16.5. The van der Waals surface area contributed by atoms with E-state index in [0.29, 0.717) is 0 Å². The summed E-state index contributed by atoms with van der Waals surface area (Å²) in [6, 6.07) is 0. The highest BCUT2D eigenvalue weighted by Crippen LogP contribution is 2.42. The molecule has 0 saturated carbocycles. The number of rotatable bonds is 4. The lowest BCUT2D eigenvalue weighted by atomic mass is 9.71. The van der Waals surface area contributed by atoms with Gasteiger partial charge in [0.25, 0.3) is 0 Å². The van der Waals surface area contributed by atoms with Crippen molar-refractivity contribution < 1.29 is 13.5 Å². The molecular formula is C18H28O3S. The van der Waals surface area contributed by atoms with E-state index in [1.165, 1.54) is 24.0 Å². The van der Waals surface area contributed by atoms with Gasteiger partial charge in [0.2, 0.25) is 0 Å². The Morgan fingerprint density at radius 3 is 2.73 bits per heavy atom. The molecular weight excluding hydrogens is 296 g/mol. The van der Waals surface area contributed by atoms with Crippen molar-refractivity contribution in [1.82, 2.24) is 0 Å². The monoisotopic (exact) mass is 324 g/mol. The summed E-state index contributed by atoms with van der Waals surface area (Å²) in [6.07, 6.45) is 8.70. The number of hydrogen-bond donors (Lipinski definition) is 1. The van der Waals surface area contributed by atoms with Crippen molar-refractivity contribution in [2.24, 2.45) is 5.41 Å². The van der Waals surface area contributed by atoms with Gasteiger partial charge in [-0.15, -0.1) is 0 Å². The standard InChI is InChI=1S/C18H28O3S/c1-13-7-5-11-18(3,4)15(13)10-9-14(2)17(19)16-8-6-12-22(16,20)21/h6,8-9,16-17,19H,5,7,10-12H2,1-4H3/b14-9+. The van der Waals surface area contributed by atoms with Crippen LogP contribution in [0.3, 0.4) is 0 Å². The third-order valence-electron chi connectivity index (χ3n) is 5.16. The molecule has 0 aromatic rings. The summed E-state index contributed by atoms with van der Waals surface area (Å²) in [7, 11) is -3.22. The minimum atomic E-state index is -3.22. The first-order chi connectivity index (χ1) is 10.1. The molecule has 0 saturated heterocycles. The molecule has 1 aliphatic carbocycles. The van der Waals surface area contributed by atoms with E-state index >= 15 is 0 Å². The topological polar surface area (TPSA) is 54.4 Å². The Morgan fingerprint density at radius 2 is 2.18 bits per heavy atom. The molecule has 3 nitrogen and oxygen atoms in total. The van der Waals surface area contributed by atoms with E-state index in [0.717, 1.165) is 18.4 Å². The van der Waals surface area contributed by atoms with Crippen LogP contribution < -0.4 is 0 Å². The molecule has 0 fully saturated rings. The average molecular weight is 324 g/mol. The molecule has 2 unspecified atom stereocenters. The van der Waals surface area contributed by atoms with Crippen LogP contribution in [-0.2, 0) is 9.84 Å². The van der Waals surface area contributed by atoms with E-state index in [-0.39, 0.29) is 11.2 Å². The van der Waals surface area contributed by atoms with E-state index in [9.17, 15) is 13.5 Å². The fourth-order valence-electron chi connectivity index (χ4n) is 3.62. The van der Waals surface area contributed by atoms with Crippen molar-refractivity contribution >= 4 is 9.84 Å². The molecule has 124 valence electrons. The van der Waals surface area contributed by atoms with Crippen LogP contribution in [-0.4, -0.2) is 30.6 Å². The third kappa shape index (κ3) is 3.54. The van der Waals surface area contributed by atoms with Crippen molar-refractivity contribution in [3.63, 3.8) is 0 Å². The largest absolute Gasteiger partial charge is 0.387 e. The second-order valence-corrected chi connectivity index (χ2v) is 9.52. The molecule has 0 aromatic heterocycles. The average Bonchev–Trinajstić information content (AvgIpc) is 2.75. The Kier molecular flexibility index (Phi) is 5.03. The van der Waals surface area contributed by atoms with Crippen molar-refractivity contribution in [3.8, 4) is 0 Å². The van der Waals surface area contributed by atoms with Crippen molar-refractivity contribution in [2.45, 2.75) is 64.7 Å². The van der Waals surface area contributed by atoms with E-state index in [1.807, 2.05) is 13.0 Å². The number of aliphatic hydroxyl groups is 1. The van der Waals surface area contributed by atoms with Gasteiger partial charge in [0.05, 0.1) is 11.9 Å². The van der Waals surface area contributed by atoms with Crippen molar-refractivity contribution in [1.29, 1.82) is 0 Å². The zero-order valence-corrected chi connectivity index (χ0v) is 14.9. The second kappa shape index (κ2) is 6.32. The van der Waals surface area contributed by atoms with Crippen LogP contribution in [0.4, 0.5) is 0 Å². The molecule has 4 heteroatoms. The molecule has 2 atom stereocenters. The van der Waals surface area contributed by atoms with Gasteiger partial charge in [-0.25, -0.2) is 8.42 Å². The molecule has 0 radical (unpaired) electrons. The van der Waals surface area contributed by atoms with Crippen molar-refractivity contribution in [3.05, 3.63) is 34.9 Å². The summed E-state index contributed by atoms with van der Waals surface area (Å²) in [6.45, 7) is 8.57. The van der Waals surface area contributed by atoms with Gasteiger partial charge in [-0.2, -0.15) is 0 Å². The third-order valence-corrected chi connectivity index (χ3v) is 7.06. The fourth-order valence-corrected chi connectivity index (χ4v) is 5.18. The summed E-state index contributed by atoms with van der Waals surface area (Å²) in [5.74, 6) is 0.0410. The van der Waals surface area contributed by atoms with Crippen LogP contribution in [0.1, 0.15) is 53.4 Å². The lowest BCUT2D eigenvalue weighted by Crippen LogP contribution is -2.31. The van der Waals surface area contributed by atoms with E-state index in [4.69, 9.17) is 0 Å². The highest BCUT2D eigenvalue weighted by molar-refractivity contribution is 7.92. The van der Waals surface area contributed by atoms with Gasteiger partial charge in [-0.1, -0.05) is 43.2 Å². The molecule has 1 heterocycles. The molecule has 0 amide bonds. The Balaban J connectivity index is 2.14. The smallest absolute Gasteiger partial charge is 0.163 e. The lowest BCUT2D eigenvalue weighted by molar-refractivity contribution is 0.216. The summed E-state index contributed by atoms with van der Waals surface area (Å²) < 4.78 is 23.8. The minimum absolute atomic E-state index is 0.0410. The van der Waals surface area contributed by atoms with Crippen LogP contribution >= 0.6 is 0 Å². The Hall–Kier alpha value is -0.870. The first kappa shape index (κ1) is 17.5. The summed E-state index contributed by atoms with van der Waals surface area (Å²) in [5.41, 5.74) is 3.84. The van der Waals surface area contributed by atoms with Gasteiger partial charge >= 0.3 is 0 Å². The molecule has 0 spiro atoms. The summed E-state index contributed by atoms with van der Waals surface area (Å²) in [5, 5.41) is 9.58. The molecule has 22 heavy (non-hydrogen) atoms. The maximum absolute atomic E-state index is 11.9. The normalized spacial score (nSPS) is 29.0. The zero-order valence-electron chi connectivity index (χ0n) is 14.1. The van der Waals surface area contributed by atoms with Crippen LogP contribution in [0, 0.1) is 5.41 Å². The fraction of sp³-hybridized carbons (Fsp3) is 0.667. The lowest BCUT2D eigenvalue weighted by Gasteiger charge is -2.34. The highest BCUT2D eigenvalue weighted by Gasteiger charge is 2.34. The van der Waals surface area contributed by atoms with Crippen LogP contribution in [0.2, 0.25) is 0 Å². The SMILES string of the molecule is CC1=C(C/C=C(\C)C(O)C2C=CCS2(=O)=O)C(C)(C)CCC1.